The number of rotatable bonds is 7. The molecule has 26 heavy (non-hydrogen) atoms. The van der Waals surface area contributed by atoms with E-state index in [1.165, 1.54) is 14.9 Å². The highest BCUT2D eigenvalue weighted by Gasteiger charge is 2.05. The molecule has 0 atom stereocenters. The number of hydrazone groups is 1. The first kappa shape index (κ1) is 18.5. The van der Waals surface area contributed by atoms with Crippen LogP contribution in [0, 0.1) is 3.57 Å². The molecule has 0 bridgehead atoms. The normalized spacial score (nSPS) is 10.8. The summed E-state index contributed by atoms with van der Waals surface area (Å²) in [4.78, 5) is 4.09. The first-order chi connectivity index (χ1) is 12.6. The molecule has 0 fully saturated rings. The number of hydrogen-bond donors (Lipinski definition) is 2. The van der Waals surface area contributed by atoms with Crippen molar-refractivity contribution in [1.29, 1.82) is 0 Å². The van der Waals surface area contributed by atoms with E-state index in [2.05, 4.69) is 38.1 Å². The molecule has 8 heteroatoms. The summed E-state index contributed by atoms with van der Waals surface area (Å²) in [6.07, 6.45) is 1.71. The van der Waals surface area contributed by atoms with Gasteiger partial charge in [0.25, 0.3) is 0 Å². The number of thiazole rings is 1. The average molecular weight is 480 g/mol. The lowest BCUT2D eigenvalue weighted by molar-refractivity contribution is 0.296. The van der Waals surface area contributed by atoms with E-state index in [4.69, 9.17) is 15.2 Å². The smallest absolute Gasteiger partial charge is 0.205 e. The summed E-state index contributed by atoms with van der Waals surface area (Å²) >= 11 is 3.66. The van der Waals surface area contributed by atoms with Crippen LogP contribution in [0.15, 0.2) is 52.9 Å². The number of anilines is 2. The number of ether oxygens (including phenoxy) is 2. The van der Waals surface area contributed by atoms with Gasteiger partial charge in [0, 0.05) is 14.5 Å². The van der Waals surface area contributed by atoms with E-state index in [1.807, 2.05) is 42.5 Å². The Kier molecular flexibility index (Phi) is 6.29. The van der Waals surface area contributed by atoms with E-state index in [0.29, 0.717) is 17.6 Å². The van der Waals surface area contributed by atoms with Gasteiger partial charge in [0.1, 0.15) is 23.9 Å². The van der Waals surface area contributed by atoms with Crippen LogP contribution in [-0.4, -0.2) is 18.3 Å². The zero-order chi connectivity index (χ0) is 18.4. The van der Waals surface area contributed by atoms with Crippen molar-refractivity contribution >= 4 is 51.1 Å². The van der Waals surface area contributed by atoms with Crippen molar-refractivity contribution in [3.05, 3.63) is 62.5 Å². The molecule has 3 rings (SSSR count). The van der Waals surface area contributed by atoms with Gasteiger partial charge >= 0.3 is 0 Å². The topological polar surface area (TPSA) is 81.8 Å². The Bertz CT molecular complexity index is 896. The minimum absolute atomic E-state index is 0.405. The highest BCUT2D eigenvalue weighted by atomic mass is 127. The molecule has 2 aromatic carbocycles. The number of nitrogens with one attached hydrogen (secondary N) is 1. The van der Waals surface area contributed by atoms with Crippen LogP contribution in [0.3, 0.4) is 0 Å². The maximum absolute atomic E-state index is 5.86. The van der Waals surface area contributed by atoms with Crippen LogP contribution in [0.2, 0.25) is 0 Å². The second kappa shape index (κ2) is 8.86. The zero-order valence-electron chi connectivity index (χ0n) is 14.0. The van der Waals surface area contributed by atoms with E-state index in [9.17, 15) is 0 Å². The van der Waals surface area contributed by atoms with Crippen molar-refractivity contribution in [2.75, 3.05) is 18.3 Å². The first-order valence-corrected chi connectivity index (χ1v) is 9.65. The lowest BCUT2D eigenvalue weighted by Gasteiger charge is -2.11. The van der Waals surface area contributed by atoms with Gasteiger partial charge in [-0.2, -0.15) is 5.10 Å². The summed E-state index contributed by atoms with van der Waals surface area (Å²) in [7, 11) is 1.64. The maximum atomic E-state index is 5.86. The predicted octanol–water partition coefficient (Wildman–Crippen LogP) is 4.36. The predicted molar refractivity (Wildman–Crippen MR) is 114 cm³/mol. The fourth-order valence-electron chi connectivity index (χ4n) is 2.18. The number of benzene rings is 2. The van der Waals surface area contributed by atoms with E-state index >= 15 is 0 Å². The SMILES string of the molecule is COc1ccc(C=NNc2nc(N)cs2)cc1COc1ccc(I)cc1. The van der Waals surface area contributed by atoms with Gasteiger partial charge in [-0.1, -0.05) is 0 Å². The number of methoxy groups -OCH3 is 1. The molecule has 0 spiro atoms. The Morgan fingerprint density at radius 2 is 2.08 bits per heavy atom. The van der Waals surface area contributed by atoms with E-state index in [0.717, 1.165) is 22.6 Å². The molecule has 134 valence electrons. The van der Waals surface area contributed by atoms with Crippen molar-refractivity contribution in [2.24, 2.45) is 5.10 Å². The van der Waals surface area contributed by atoms with E-state index in [-0.39, 0.29) is 0 Å². The molecule has 0 saturated carbocycles. The number of nitrogens with zero attached hydrogens (tertiary/aromatic N) is 2. The van der Waals surface area contributed by atoms with Crippen molar-refractivity contribution in [1.82, 2.24) is 4.98 Å². The number of hydrogen-bond acceptors (Lipinski definition) is 7. The Balaban J connectivity index is 1.68. The number of nitrogen functional groups attached to an aromatic ring is 1. The minimum Gasteiger partial charge on any atom is -0.496 e. The molecule has 1 aromatic heterocycles. The monoisotopic (exact) mass is 480 g/mol. The summed E-state index contributed by atoms with van der Waals surface area (Å²) in [5, 5.41) is 6.59. The van der Waals surface area contributed by atoms with Crippen LogP contribution < -0.4 is 20.6 Å². The molecule has 0 aliphatic heterocycles. The lowest BCUT2D eigenvalue weighted by Crippen LogP contribution is -2.00. The summed E-state index contributed by atoms with van der Waals surface area (Å²) in [5.41, 5.74) is 10.3. The molecule has 0 saturated heterocycles. The largest absolute Gasteiger partial charge is 0.496 e. The highest BCUT2D eigenvalue weighted by Crippen LogP contribution is 2.22. The van der Waals surface area contributed by atoms with Crippen LogP contribution >= 0.6 is 33.9 Å². The van der Waals surface area contributed by atoms with Crippen LogP contribution in [0.1, 0.15) is 11.1 Å². The molecule has 1 heterocycles. The molecule has 0 aliphatic carbocycles. The Morgan fingerprint density at radius 3 is 2.77 bits per heavy atom. The van der Waals surface area contributed by atoms with Gasteiger partial charge in [-0.05, 0) is 70.6 Å². The highest BCUT2D eigenvalue weighted by molar-refractivity contribution is 14.1. The second-order valence-corrected chi connectivity index (χ2v) is 7.37. The van der Waals surface area contributed by atoms with Gasteiger partial charge in [-0.3, -0.25) is 5.43 Å². The molecule has 3 N–H and O–H groups in total. The molecular formula is C18H17IN4O2S. The maximum Gasteiger partial charge on any atom is 0.205 e. The molecule has 6 nitrogen and oxygen atoms in total. The van der Waals surface area contributed by atoms with Gasteiger partial charge in [-0.25, -0.2) is 4.98 Å². The number of halogens is 1. The molecule has 3 aromatic rings. The summed E-state index contributed by atoms with van der Waals surface area (Å²) in [6, 6.07) is 13.7. The van der Waals surface area contributed by atoms with Crippen LogP contribution in [0.4, 0.5) is 10.9 Å². The van der Waals surface area contributed by atoms with Gasteiger partial charge in [0.15, 0.2) is 0 Å². The van der Waals surface area contributed by atoms with Gasteiger partial charge in [0.2, 0.25) is 5.13 Å². The third-order valence-electron chi connectivity index (χ3n) is 3.41. The van der Waals surface area contributed by atoms with Crippen molar-refractivity contribution < 1.29 is 9.47 Å². The number of aromatic nitrogens is 1. The van der Waals surface area contributed by atoms with E-state index in [1.54, 1.807) is 18.7 Å². The lowest BCUT2D eigenvalue weighted by atomic mass is 10.1. The molecule has 0 radical (unpaired) electrons. The fraction of sp³-hybridized carbons (Fsp3) is 0.111. The summed E-state index contributed by atoms with van der Waals surface area (Å²) in [5.74, 6) is 2.06. The van der Waals surface area contributed by atoms with Crippen molar-refractivity contribution in [3.63, 3.8) is 0 Å². The quantitative estimate of drug-likeness (QED) is 0.298. The van der Waals surface area contributed by atoms with Crippen molar-refractivity contribution in [3.8, 4) is 11.5 Å². The van der Waals surface area contributed by atoms with Crippen molar-refractivity contribution in [2.45, 2.75) is 6.61 Å². The summed E-state index contributed by atoms with van der Waals surface area (Å²) < 4.78 is 12.4. The molecule has 0 unspecified atom stereocenters. The second-order valence-electron chi connectivity index (χ2n) is 5.26. The van der Waals surface area contributed by atoms with Gasteiger partial charge < -0.3 is 15.2 Å². The Hall–Kier alpha value is -2.33. The zero-order valence-corrected chi connectivity index (χ0v) is 17.0. The molecule has 0 aliphatic rings. The van der Waals surface area contributed by atoms with Gasteiger partial charge in [0.05, 0.1) is 13.3 Å². The number of nitrogens with two attached hydrogens (primary N) is 1. The fourth-order valence-corrected chi connectivity index (χ4v) is 3.09. The minimum atomic E-state index is 0.405. The third-order valence-corrected chi connectivity index (χ3v) is 4.89. The Morgan fingerprint density at radius 1 is 1.27 bits per heavy atom. The standard InChI is InChI=1S/C18H17IN4O2S/c1-24-16-7-2-12(9-21-23-18-22-17(20)11-26-18)8-13(16)10-25-15-5-3-14(19)4-6-15/h2-9,11H,10,20H2,1H3,(H,22,23). The summed E-state index contributed by atoms with van der Waals surface area (Å²) in [6.45, 7) is 0.405. The van der Waals surface area contributed by atoms with Crippen LogP contribution in [0.5, 0.6) is 11.5 Å². The Labute approximate surface area is 169 Å². The van der Waals surface area contributed by atoms with Crippen LogP contribution in [0.25, 0.3) is 0 Å². The molecule has 0 amide bonds. The van der Waals surface area contributed by atoms with Gasteiger partial charge in [-0.15, -0.1) is 11.3 Å². The first-order valence-electron chi connectivity index (χ1n) is 7.69. The van der Waals surface area contributed by atoms with E-state index < -0.39 is 0 Å². The molecular weight excluding hydrogens is 463 g/mol. The third kappa shape index (κ3) is 5.09. The van der Waals surface area contributed by atoms with Crippen LogP contribution in [-0.2, 0) is 6.61 Å². The average Bonchev–Trinajstić information content (AvgIpc) is 3.06.